The van der Waals surface area contributed by atoms with Gasteiger partial charge in [0.2, 0.25) is 0 Å². The van der Waals surface area contributed by atoms with E-state index >= 15 is 0 Å². The van der Waals surface area contributed by atoms with Gasteiger partial charge in [0.15, 0.2) is 0 Å². The SMILES string of the molecule is C1=C(Cc2ccc(-c3ccccc3)cc2)C2CCN1CC2. The largest absolute Gasteiger partial charge is 0.377 e. The molecule has 0 radical (unpaired) electrons. The van der Waals surface area contributed by atoms with Crippen molar-refractivity contribution in [1.29, 1.82) is 0 Å². The van der Waals surface area contributed by atoms with Crippen LogP contribution in [-0.2, 0) is 6.42 Å². The number of nitrogens with zero attached hydrogens (tertiary/aromatic N) is 1. The summed E-state index contributed by atoms with van der Waals surface area (Å²) in [6.45, 7) is 2.53. The molecule has 0 saturated carbocycles. The predicted octanol–water partition coefficient (Wildman–Crippen LogP) is 4.51. The molecule has 2 bridgehead atoms. The highest BCUT2D eigenvalue weighted by Gasteiger charge is 2.26. The average molecular weight is 275 g/mol. The minimum absolute atomic E-state index is 0.837. The van der Waals surface area contributed by atoms with Crippen molar-refractivity contribution in [3.05, 3.63) is 71.9 Å². The first kappa shape index (κ1) is 12.7. The lowest BCUT2D eigenvalue weighted by molar-refractivity contribution is 0.227. The van der Waals surface area contributed by atoms with Crippen molar-refractivity contribution in [2.45, 2.75) is 19.3 Å². The molecule has 1 fully saturated rings. The third-order valence-corrected chi connectivity index (χ3v) is 4.87. The molecule has 5 rings (SSSR count). The lowest BCUT2D eigenvalue weighted by Gasteiger charge is -2.39. The van der Waals surface area contributed by atoms with Gasteiger partial charge >= 0.3 is 0 Å². The number of hydrogen-bond donors (Lipinski definition) is 0. The Balaban J connectivity index is 1.52. The summed E-state index contributed by atoms with van der Waals surface area (Å²) in [5.41, 5.74) is 5.68. The fraction of sp³-hybridized carbons (Fsp3) is 0.300. The Hall–Kier alpha value is -2.02. The molecule has 1 nitrogen and oxygen atoms in total. The maximum atomic E-state index is 2.49. The van der Waals surface area contributed by atoms with E-state index in [0.717, 1.165) is 12.3 Å². The first-order chi connectivity index (χ1) is 10.4. The number of hydrogen-bond acceptors (Lipinski definition) is 1. The zero-order valence-electron chi connectivity index (χ0n) is 12.3. The van der Waals surface area contributed by atoms with Crippen LogP contribution in [0.1, 0.15) is 18.4 Å². The summed E-state index contributed by atoms with van der Waals surface area (Å²) < 4.78 is 0. The summed E-state index contributed by atoms with van der Waals surface area (Å²) in [5, 5.41) is 0. The van der Waals surface area contributed by atoms with Crippen LogP contribution in [0.4, 0.5) is 0 Å². The van der Waals surface area contributed by atoms with E-state index in [9.17, 15) is 0 Å². The molecule has 3 aliphatic heterocycles. The van der Waals surface area contributed by atoms with Gasteiger partial charge in [-0.1, -0.05) is 54.6 Å². The summed E-state index contributed by atoms with van der Waals surface area (Å²) in [4.78, 5) is 2.49. The predicted molar refractivity (Wildman–Crippen MR) is 88.0 cm³/mol. The Labute approximate surface area is 126 Å². The second-order valence-corrected chi connectivity index (χ2v) is 6.25. The van der Waals surface area contributed by atoms with Crippen LogP contribution in [0.2, 0.25) is 0 Å². The monoisotopic (exact) mass is 275 g/mol. The average Bonchev–Trinajstić information content (AvgIpc) is 2.57. The molecule has 0 aliphatic carbocycles. The Morgan fingerprint density at radius 3 is 2.10 bits per heavy atom. The van der Waals surface area contributed by atoms with Crippen molar-refractivity contribution < 1.29 is 0 Å². The van der Waals surface area contributed by atoms with E-state index in [-0.39, 0.29) is 0 Å². The molecular formula is C20H21N. The smallest absolute Gasteiger partial charge is 0.0178 e. The van der Waals surface area contributed by atoms with Crippen molar-refractivity contribution in [2.75, 3.05) is 13.1 Å². The molecular weight excluding hydrogens is 254 g/mol. The van der Waals surface area contributed by atoms with Crippen LogP contribution < -0.4 is 0 Å². The van der Waals surface area contributed by atoms with Gasteiger partial charge in [0.05, 0.1) is 0 Å². The van der Waals surface area contributed by atoms with Crippen molar-refractivity contribution in [2.24, 2.45) is 5.92 Å². The molecule has 0 unspecified atom stereocenters. The van der Waals surface area contributed by atoms with Crippen LogP contribution in [-0.4, -0.2) is 18.0 Å². The van der Waals surface area contributed by atoms with Crippen molar-refractivity contribution >= 4 is 0 Å². The fourth-order valence-corrected chi connectivity index (χ4v) is 3.61. The van der Waals surface area contributed by atoms with Crippen LogP contribution >= 0.6 is 0 Å². The molecule has 0 N–H and O–H groups in total. The molecule has 106 valence electrons. The van der Waals surface area contributed by atoms with E-state index in [0.29, 0.717) is 0 Å². The Morgan fingerprint density at radius 1 is 0.810 bits per heavy atom. The molecule has 2 aromatic carbocycles. The van der Waals surface area contributed by atoms with Gasteiger partial charge in [-0.3, -0.25) is 0 Å². The number of benzene rings is 2. The number of fused-ring (bicyclic) bond motifs is 2. The molecule has 0 atom stereocenters. The fourth-order valence-electron chi connectivity index (χ4n) is 3.61. The molecule has 1 heteroatoms. The molecule has 3 aliphatic rings. The van der Waals surface area contributed by atoms with Crippen LogP contribution in [0, 0.1) is 5.92 Å². The second-order valence-electron chi connectivity index (χ2n) is 6.25. The zero-order valence-corrected chi connectivity index (χ0v) is 12.3. The van der Waals surface area contributed by atoms with Gasteiger partial charge in [-0.25, -0.2) is 0 Å². The summed E-state index contributed by atoms with van der Waals surface area (Å²) in [6.07, 6.45) is 6.25. The highest BCUT2D eigenvalue weighted by molar-refractivity contribution is 5.63. The number of allylic oxidation sites excluding steroid dienone is 1. The molecule has 0 aromatic heterocycles. The Morgan fingerprint density at radius 2 is 1.48 bits per heavy atom. The molecule has 21 heavy (non-hydrogen) atoms. The third kappa shape index (κ3) is 2.61. The lowest BCUT2D eigenvalue weighted by atomic mass is 9.83. The normalized spacial score (nSPS) is 17.9. The maximum Gasteiger partial charge on any atom is 0.0178 e. The van der Waals surface area contributed by atoms with Crippen LogP contribution in [0.25, 0.3) is 11.1 Å². The number of piperidine rings is 1. The van der Waals surface area contributed by atoms with Crippen molar-refractivity contribution in [3.63, 3.8) is 0 Å². The highest BCUT2D eigenvalue weighted by atomic mass is 15.1. The van der Waals surface area contributed by atoms with Crippen molar-refractivity contribution in [3.8, 4) is 11.1 Å². The standard InChI is InChI=1S/C20H21N/c1-2-4-17(5-3-1)18-8-6-16(7-9-18)14-20-15-21-12-10-19(20)11-13-21/h1-9,15,19H,10-14H2. The lowest BCUT2D eigenvalue weighted by Crippen LogP contribution is -2.36. The van der Waals surface area contributed by atoms with Crippen LogP contribution in [0.5, 0.6) is 0 Å². The van der Waals surface area contributed by atoms with Gasteiger partial charge in [-0.05, 0) is 53.6 Å². The summed E-state index contributed by atoms with van der Waals surface area (Å²) in [5.74, 6) is 0.837. The first-order valence-electron chi connectivity index (χ1n) is 7.97. The maximum absolute atomic E-state index is 2.49. The highest BCUT2D eigenvalue weighted by Crippen LogP contribution is 2.33. The van der Waals surface area contributed by atoms with E-state index in [2.05, 4.69) is 65.7 Å². The minimum Gasteiger partial charge on any atom is -0.377 e. The van der Waals surface area contributed by atoms with E-state index in [1.165, 1.54) is 42.6 Å². The van der Waals surface area contributed by atoms with Gasteiger partial charge in [-0.2, -0.15) is 0 Å². The molecule has 3 heterocycles. The Bertz CT molecular complexity index is 631. The van der Waals surface area contributed by atoms with Crippen molar-refractivity contribution in [1.82, 2.24) is 4.90 Å². The van der Waals surface area contributed by atoms with E-state index in [1.807, 2.05) is 0 Å². The summed E-state index contributed by atoms with van der Waals surface area (Å²) in [6, 6.07) is 19.7. The number of rotatable bonds is 3. The molecule has 2 aromatic rings. The summed E-state index contributed by atoms with van der Waals surface area (Å²) >= 11 is 0. The molecule has 0 spiro atoms. The minimum atomic E-state index is 0.837. The summed E-state index contributed by atoms with van der Waals surface area (Å²) in [7, 11) is 0. The van der Waals surface area contributed by atoms with E-state index in [1.54, 1.807) is 5.57 Å². The van der Waals surface area contributed by atoms with Gasteiger partial charge < -0.3 is 4.90 Å². The van der Waals surface area contributed by atoms with Crippen LogP contribution in [0.3, 0.4) is 0 Å². The topological polar surface area (TPSA) is 3.24 Å². The van der Waals surface area contributed by atoms with Gasteiger partial charge in [0.25, 0.3) is 0 Å². The van der Waals surface area contributed by atoms with Crippen LogP contribution in [0.15, 0.2) is 66.4 Å². The van der Waals surface area contributed by atoms with E-state index in [4.69, 9.17) is 0 Å². The second kappa shape index (κ2) is 5.40. The third-order valence-electron chi connectivity index (χ3n) is 4.87. The van der Waals surface area contributed by atoms with Gasteiger partial charge in [0, 0.05) is 13.1 Å². The van der Waals surface area contributed by atoms with Gasteiger partial charge in [-0.15, -0.1) is 0 Å². The van der Waals surface area contributed by atoms with Gasteiger partial charge in [0.1, 0.15) is 0 Å². The quantitative estimate of drug-likeness (QED) is 0.797. The zero-order chi connectivity index (χ0) is 14.1. The Kier molecular flexibility index (Phi) is 3.27. The molecule has 1 saturated heterocycles. The molecule has 0 amide bonds. The van der Waals surface area contributed by atoms with E-state index < -0.39 is 0 Å². The first-order valence-corrected chi connectivity index (χ1v) is 7.97.